The molecular formula is C11H13ClO3. The molecule has 0 radical (unpaired) electrons. The molecule has 0 heterocycles. The van der Waals surface area contributed by atoms with Crippen LogP contribution in [0, 0.1) is 0 Å². The molecular weight excluding hydrogens is 216 g/mol. The van der Waals surface area contributed by atoms with Gasteiger partial charge in [-0.3, -0.25) is 4.79 Å². The standard InChI is InChI=1S/C11H13ClO3/c1-14-11(13)8-9-3-2-4-10(7-9)15-6-5-12/h2-4,7H,5-6,8H2,1H3. The van der Waals surface area contributed by atoms with Gasteiger partial charge >= 0.3 is 5.97 Å². The second kappa shape index (κ2) is 6.30. The molecule has 0 aliphatic rings. The van der Waals surface area contributed by atoms with E-state index in [9.17, 15) is 4.79 Å². The highest BCUT2D eigenvalue weighted by Crippen LogP contribution is 2.14. The summed E-state index contributed by atoms with van der Waals surface area (Å²) in [6.45, 7) is 0.462. The third-order valence-electron chi connectivity index (χ3n) is 1.82. The lowest BCUT2D eigenvalue weighted by atomic mass is 10.1. The topological polar surface area (TPSA) is 35.5 Å². The van der Waals surface area contributed by atoms with Crippen molar-refractivity contribution < 1.29 is 14.3 Å². The van der Waals surface area contributed by atoms with Crippen LogP contribution in [0.4, 0.5) is 0 Å². The molecule has 1 rings (SSSR count). The van der Waals surface area contributed by atoms with Crippen molar-refractivity contribution in [3.8, 4) is 5.75 Å². The van der Waals surface area contributed by atoms with Crippen molar-refractivity contribution in [2.75, 3.05) is 19.6 Å². The number of carbonyl (C=O) groups is 1. The van der Waals surface area contributed by atoms with E-state index in [2.05, 4.69) is 4.74 Å². The molecule has 4 heteroatoms. The lowest BCUT2D eigenvalue weighted by Gasteiger charge is -2.05. The summed E-state index contributed by atoms with van der Waals surface area (Å²) in [5, 5.41) is 0. The van der Waals surface area contributed by atoms with Gasteiger partial charge < -0.3 is 9.47 Å². The molecule has 82 valence electrons. The van der Waals surface area contributed by atoms with Crippen LogP contribution in [0.1, 0.15) is 5.56 Å². The Labute approximate surface area is 93.9 Å². The maximum Gasteiger partial charge on any atom is 0.309 e. The zero-order valence-electron chi connectivity index (χ0n) is 8.53. The van der Waals surface area contributed by atoms with Crippen molar-refractivity contribution in [1.29, 1.82) is 0 Å². The number of halogens is 1. The van der Waals surface area contributed by atoms with E-state index in [4.69, 9.17) is 16.3 Å². The monoisotopic (exact) mass is 228 g/mol. The fourth-order valence-electron chi connectivity index (χ4n) is 1.14. The number of alkyl halides is 1. The Morgan fingerprint density at radius 1 is 1.47 bits per heavy atom. The maximum atomic E-state index is 11.0. The molecule has 0 unspecified atom stereocenters. The molecule has 3 nitrogen and oxygen atoms in total. The van der Waals surface area contributed by atoms with Crippen LogP contribution in [0.3, 0.4) is 0 Å². The molecule has 0 fully saturated rings. The summed E-state index contributed by atoms with van der Waals surface area (Å²) in [7, 11) is 1.37. The molecule has 0 aliphatic carbocycles. The Hall–Kier alpha value is -1.22. The van der Waals surface area contributed by atoms with E-state index in [-0.39, 0.29) is 12.4 Å². The summed E-state index contributed by atoms with van der Waals surface area (Å²) < 4.78 is 9.90. The number of ether oxygens (including phenoxy) is 2. The average molecular weight is 229 g/mol. The van der Waals surface area contributed by atoms with Crippen LogP contribution in [-0.2, 0) is 16.0 Å². The van der Waals surface area contributed by atoms with Crippen molar-refractivity contribution in [2.24, 2.45) is 0 Å². The van der Waals surface area contributed by atoms with Crippen LogP contribution in [0.25, 0.3) is 0 Å². The van der Waals surface area contributed by atoms with Crippen LogP contribution in [0.15, 0.2) is 24.3 Å². The average Bonchev–Trinajstić information content (AvgIpc) is 2.26. The third-order valence-corrected chi connectivity index (χ3v) is 1.97. The Bertz CT molecular complexity index is 325. The van der Waals surface area contributed by atoms with E-state index >= 15 is 0 Å². The second-order valence-corrected chi connectivity index (χ2v) is 3.32. The van der Waals surface area contributed by atoms with E-state index in [1.807, 2.05) is 24.3 Å². The van der Waals surface area contributed by atoms with Crippen molar-refractivity contribution >= 4 is 17.6 Å². The lowest BCUT2D eigenvalue weighted by molar-refractivity contribution is -0.139. The van der Waals surface area contributed by atoms with E-state index in [0.717, 1.165) is 11.3 Å². The molecule has 0 atom stereocenters. The summed E-state index contributed by atoms with van der Waals surface area (Å²) in [6, 6.07) is 7.32. The first kappa shape index (κ1) is 11.9. The van der Waals surface area contributed by atoms with Crippen LogP contribution < -0.4 is 4.74 Å². The van der Waals surface area contributed by atoms with Crippen LogP contribution in [0.2, 0.25) is 0 Å². The first-order chi connectivity index (χ1) is 7.26. The molecule has 1 aromatic rings. The summed E-state index contributed by atoms with van der Waals surface area (Å²) >= 11 is 5.50. The Balaban J connectivity index is 2.61. The van der Waals surface area contributed by atoms with Gasteiger partial charge in [-0.1, -0.05) is 12.1 Å². The van der Waals surface area contributed by atoms with Crippen LogP contribution >= 0.6 is 11.6 Å². The predicted molar refractivity (Wildman–Crippen MR) is 58.4 cm³/mol. The zero-order chi connectivity index (χ0) is 11.1. The van der Waals surface area contributed by atoms with Crippen LogP contribution in [0.5, 0.6) is 5.75 Å². The normalized spacial score (nSPS) is 9.73. The van der Waals surface area contributed by atoms with Gasteiger partial charge in [0, 0.05) is 0 Å². The highest BCUT2D eigenvalue weighted by atomic mass is 35.5. The molecule has 0 spiro atoms. The fraction of sp³-hybridized carbons (Fsp3) is 0.364. The van der Waals surface area contributed by atoms with Gasteiger partial charge in [0.15, 0.2) is 0 Å². The smallest absolute Gasteiger partial charge is 0.309 e. The molecule has 0 bridgehead atoms. The largest absolute Gasteiger partial charge is 0.492 e. The van der Waals surface area contributed by atoms with Gasteiger partial charge in [0.2, 0.25) is 0 Å². The number of hydrogen-bond donors (Lipinski definition) is 0. The van der Waals surface area contributed by atoms with E-state index < -0.39 is 0 Å². The van der Waals surface area contributed by atoms with Gasteiger partial charge in [-0.15, -0.1) is 11.6 Å². The zero-order valence-corrected chi connectivity index (χ0v) is 9.29. The van der Waals surface area contributed by atoms with Gasteiger partial charge in [0.1, 0.15) is 12.4 Å². The Morgan fingerprint density at radius 2 is 2.27 bits per heavy atom. The van der Waals surface area contributed by atoms with E-state index in [1.165, 1.54) is 7.11 Å². The minimum atomic E-state index is -0.260. The predicted octanol–water partition coefficient (Wildman–Crippen LogP) is 2.02. The SMILES string of the molecule is COC(=O)Cc1cccc(OCCCl)c1. The van der Waals surface area contributed by atoms with E-state index in [0.29, 0.717) is 12.5 Å². The number of hydrogen-bond acceptors (Lipinski definition) is 3. The van der Waals surface area contributed by atoms with Crippen molar-refractivity contribution in [3.63, 3.8) is 0 Å². The minimum absolute atomic E-state index is 0.259. The number of benzene rings is 1. The molecule has 1 aromatic carbocycles. The summed E-state index contributed by atoms with van der Waals surface area (Å²) in [5.41, 5.74) is 0.869. The summed E-state index contributed by atoms with van der Waals surface area (Å²) in [6.07, 6.45) is 0.259. The molecule has 15 heavy (non-hydrogen) atoms. The van der Waals surface area contributed by atoms with Gasteiger partial charge in [0.05, 0.1) is 19.4 Å². The molecule has 0 saturated heterocycles. The van der Waals surface area contributed by atoms with Gasteiger partial charge in [0.25, 0.3) is 0 Å². The molecule has 0 aliphatic heterocycles. The van der Waals surface area contributed by atoms with Crippen LogP contribution in [-0.4, -0.2) is 25.6 Å². The third kappa shape index (κ3) is 4.21. The first-order valence-electron chi connectivity index (χ1n) is 4.61. The molecule has 0 aromatic heterocycles. The summed E-state index contributed by atoms with van der Waals surface area (Å²) in [4.78, 5) is 11.0. The molecule has 0 N–H and O–H groups in total. The maximum absolute atomic E-state index is 11.0. The fourth-order valence-corrected chi connectivity index (χ4v) is 1.22. The minimum Gasteiger partial charge on any atom is -0.492 e. The number of esters is 1. The number of methoxy groups -OCH3 is 1. The van der Waals surface area contributed by atoms with Crippen molar-refractivity contribution in [2.45, 2.75) is 6.42 Å². The van der Waals surface area contributed by atoms with Gasteiger partial charge in [-0.2, -0.15) is 0 Å². The Kier molecular flexibility index (Phi) is 4.98. The molecule has 0 saturated carbocycles. The highest BCUT2D eigenvalue weighted by molar-refractivity contribution is 6.18. The summed E-state index contributed by atoms with van der Waals surface area (Å²) in [5.74, 6) is 0.905. The first-order valence-corrected chi connectivity index (χ1v) is 5.14. The lowest BCUT2D eigenvalue weighted by Crippen LogP contribution is -2.05. The highest BCUT2D eigenvalue weighted by Gasteiger charge is 2.03. The van der Waals surface area contributed by atoms with Gasteiger partial charge in [-0.25, -0.2) is 0 Å². The van der Waals surface area contributed by atoms with Crippen molar-refractivity contribution in [1.82, 2.24) is 0 Å². The quantitative estimate of drug-likeness (QED) is 0.571. The second-order valence-electron chi connectivity index (χ2n) is 2.94. The number of carbonyl (C=O) groups excluding carboxylic acids is 1. The van der Waals surface area contributed by atoms with E-state index in [1.54, 1.807) is 0 Å². The van der Waals surface area contributed by atoms with Crippen molar-refractivity contribution in [3.05, 3.63) is 29.8 Å². The van der Waals surface area contributed by atoms with Gasteiger partial charge in [-0.05, 0) is 17.7 Å². The number of rotatable bonds is 5. The Morgan fingerprint density at radius 3 is 2.93 bits per heavy atom. The molecule has 0 amide bonds.